The summed E-state index contributed by atoms with van der Waals surface area (Å²) in [5.74, 6) is 0.957. The fourth-order valence-electron chi connectivity index (χ4n) is 2.12. The molecule has 88 valence electrons. The Balaban J connectivity index is 1.77. The first-order valence-electron chi connectivity index (χ1n) is 6.07. The van der Waals surface area contributed by atoms with Gasteiger partial charge in [-0.05, 0) is 25.8 Å². The van der Waals surface area contributed by atoms with Gasteiger partial charge in [-0.25, -0.2) is 4.98 Å². The lowest BCUT2D eigenvalue weighted by Crippen LogP contribution is -2.36. The lowest BCUT2D eigenvalue weighted by molar-refractivity contribution is 0.384. The van der Waals surface area contributed by atoms with Gasteiger partial charge in [0.15, 0.2) is 0 Å². The zero-order valence-corrected chi connectivity index (χ0v) is 9.89. The molecule has 2 heterocycles. The van der Waals surface area contributed by atoms with Crippen LogP contribution in [0.2, 0.25) is 0 Å². The van der Waals surface area contributed by atoms with Gasteiger partial charge in [0.1, 0.15) is 5.82 Å². The number of hydrogen-bond donors (Lipinski definition) is 1. The molecule has 0 spiro atoms. The molecule has 1 N–H and O–H groups in total. The summed E-state index contributed by atoms with van der Waals surface area (Å²) < 4.78 is 0. The molecule has 0 bridgehead atoms. The second kappa shape index (κ2) is 5.80. The highest BCUT2D eigenvalue weighted by Gasteiger charge is 2.13. The van der Waals surface area contributed by atoms with Crippen LogP contribution in [0, 0.1) is 0 Å². The Bertz CT molecular complexity index is 295. The third-order valence-electron chi connectivity index (χ3n) is 3.17. The summed E-state index contributed by atoms with van der Waals surface area (Å²) in [5.41, 5.74) is 0. The zero-order chi connectivity index (χ0) is 11.2. The predicted molar refractivity (Wildman–Crippen MR) is 65.6 cm³/mol. The molecule has 1 aliphatic rings. The summed E-state index contributed by atoms with van der Waals surface area (Å²) in [6.45, 7) is 2.22. The predicted octanol–water partition coefficient (Wildman–Crippen LogP) is 1.44. The Morgan fingerprint density at radius 2 is 2.38 bits per heavy atom. The maximum absolute atomic E-state index is 4.29. The highest BCUT2D eigenvalue weighted by atomic mass is 15.2. The van der Waals surface area contributed by atoms with Gasteiger partial charge in [0.05, 0.1) is 6.20 Å². The Morgan fingerprint density at radius 3 is 3.06 bits per heavy atom. The van der Waals surface area contributed by atoms with E-state index in [1.807, 2.05) is 6.20 Å². The Kier molecular flexibility index (Phi) is 4.10. The number of nitrogens with one attached hydrogen (secondary N) is 1. The van der Waals surface area contributed by atoms with Gasteiger partial charge in [0.25, 0.3) is 0 Å². The Morgan fingerprint density at radius 1 is 1.44 bits per heavy atom. The highest BCUT2D eigenvalue weighted by molar-refractivity contribution is 5.33. The van der Waals surface area contributed by atoms with Gasteiger partial charge < -0.3 is 10.2 Å². The third-order valence-corrected chi connectivity index (χ3v) is 3.17. The first-order chi connectivity index (χ1) is 7.86. The number of aromatic nitrogens is 2. The number of piperidine rings is 1. The summed E-state index contributed by atoms with van der Waals surface area (Å²) in [5, 5.41) is 3.56. The van der Waals surface area contributed by atoms with E-state index in [2.05, 4.69) is 27.2 Å². The van der Waals surface area contributed by atoms with E-state index in [0.29, 0.717) is 6.04 Å². The van der Waals surface area contributed by atoms with Crippen LogP contribution in [0.1, 0.15) is 25.7 Å². The minimum Gasteiger partial charge on any atom is -0.358 e. The second-order valence-electron chi connectivity index (χ2n) is 4.42. The van der Waals surface area contributed by atoms with Crippen LogP contribution in [0.25, 0.3) is 0 Å². The van der Waals surface area contributed by atoms with Crippen LogP contribution in [-0.4, -0.2) is 36.1 Å². The molecule has 1 fully saturated rings. The van der Waals surface area contributed by atoms with Gasteiger partial charge in [-0.3, -0.25) is 4.98 Å². The number of anilines is 1. The van der Waals surface area contributed by atoms with Crippen molar-refractivity contribution >= 4 is 5.82 Å². The van der Waals surface area contributed by atoms with Gasteiger partial charge >= 0.3 is 0 Å². The smallest absolute Gasteiger partial charge is 0.146 e. The van der Waals surface area contributed by atoms with E-state index >= 15 is 0 Å². The van der Waals surface area contributed by atoms with Crippen molar-refractivity contribution in [1.29, 1.82) is 0 Å². The first kappa shape index (κ1) is 11.3. The summed E-state index contributed by atoms with van der Waals surface area (Å²) in [4.78, 5) is 10.5. The summed E-state index contributed by atoms with van der Waals surface area (Å²) in [6.07, 6.45) is 10.5. The van der Waals surface area contributed by atoms with Crippen molar-refractivity contribution in [3.63, 3.8) is 0 Å². The van der Waals surface area contributed by atoms with E-state index in [1.54, 1.807) is 12.4 Å². The van der Waals surface area contributed by atoms with Crippen LogP contribution in [-0.2, 0) is 0 Å². The van der Waals surface area contributed by atoms with Crippen molar-refractivity contribution in [1.82, 2.24) is 15.3 Å². The summed E-state index contributed by atoms with van der Waals surface area (Å²) in [7, 11) is 2.08. The lowest BCUT2D eigenvalue weighted by Gasteiger charge is -2.26. The van der Waals surface area contributed by atoms with Gasteiger partial charge in [-0.15, -0.1) is 0 Å². The van der Waals surface area contributed by atoms with Crippen molar-refractivity contribution in [3.8, 4) is 0 Å². The average molecular weight is 220 g/mol. The molecular formula is C12H20N4. The molecule has 1 unspecified atom stereocenters. The maximum Gasteiger partial charge on any atom is 0.146 e. The second-order valence-corrected chi connectivity index (χ2v) is 4.42. The minimum absolute atomic E-state index is 0.688. The van der Waals surface area contributed by atoms with Crippen LogP contribution >= 0.6 is 0 Å². The minimum atomic E-state index is 0.688. The van der Waals surface area contributed by atoms with Crippen LogP contribution in [0.4, 0.5) is 5.82 Å². The molecule has 0 aliphatic carbocycles. The van der Waals surface area contributed by atoms with E-state index in [1.165, 1.54) is 32.2 Å². The third kappa shape index (κ3) is 3.17. The van der Waals surface area contributed by atoms with E-state index in [4.69, 9.17) is 0 Å². The van der Waals surface area contributed by atoms with Crippen LogP contribution in [0.15, 0.2) is 18.6 Å². The van der Waals surface area contributed by atoms with E-state index in [9.17, 15) is 0 Å². The highest BCUT2D eigenvalue weighted by Crippen LogP contribution is 2.12. The molecule has 0 amide bonds. The molecule has 4 nitrogen and oxygen atoms in total. The largest absolute Gasteiger partial charge is 0.358 e. The molecule has 0 aromatic carbocycles. The molecular weight excluding hydrogens is 200 g/mol. The first-order valence-corrected chi connectivity index (χ1v) is 6.07. The monoisotopic (exact) mass is 220 g/mol. The summed E-state index contributed by atoms with van der Waals surface area (Å²) >= 11 is 0. The molecule has 1 saturated heterocycles. The SMILES string of the molecule is CN(CCC1CCCCN1)c1cnccn1. The Labute approximate surface area is 97.1 Å². The molecule has 0 saturated carbocycles. The van der Waals surface area contributed by atoms with Crippen LogP contribution < -0.4 is 10.2 Å². The van der Waals surface area contributed by atoms with Crippen molar-refractivity contribution in [2.24, 2.45) is 0 Å². The topological polar surface area (TPSA) is 41.0 Å². The van der Waals surface area contributed by atoms with Crippen LogP contribution in [0.5, 0.6) is 0 Å². The fraction of sp³-hybridized carbons (Fsp3) is 0.667. The van der Waals surface area contributed by atoms with Crippen molar-refractivity contribution < 1.29 is 0 Å². The van der Waals surface area contributed by atoms with Gasteiger partial charge in [0, 0.05) is 32.0 Å². The standard InChI is InChI=1S/C12H20N4/c1-16(12-10-13-7-8-15-12)9-5-11-4-2-3-6-14-11/h7-8,10-11,14H,2-6,9H2,1H3. The van der Waals surface area contributed by atoms with Crippen molar-refractivity contribution in [2.75, 3.05) is 25.0 Å². The zero-order valence-electron chi connectivity index (χ0n) is 9.89. The normalized spacial score (nSPS) is 20.7. The van der Waals surface area contributed by atoms with Crippen molar-refractivity contribution in [2.45, 2.75) is 31.7 Å². The maximum atomic E-state index is 4.29. The van der Waals surface area contributed by atoms with Crippen molar-refractivity contribution in [3.05, 3.63) is 18.6 Å². The lowest BCUT2D eigenvalue weighted by atomic mass is 10.0. The molecule has 2 rings (SSSR count). The molecule has 1 aromatic heterocycles. The van der Waals surface area contributed by atoms with Gasteiger partial charge in [-0.1, -0.05) is 6.42 Å². The molecule has 1 aromatic rings. The molecule has 16 heavy (non-hydrogen) atoms. The number of rotatable bonds is 4. The van der Waals surface area contributed by atoms with E-state index in [0.717, 1.165) is 12.4 Å². The van der Waals surface area contributed by atoms with E-state index < -0.39 is 0 Å². The van der Waals surface area contributed by atoms with Gasteiger partial charge in [0.2, 0.25) is 0 Å². The number of nitrogens with zero attached hydrogens (tertiary/aromatic N) is 3. The average Bonchev–Trinajstić information content (AvgIpc) is 2.38. The Hall–Kier alpha value is -1.16. The van der Waals surface area contributed by atoms with Gasteiger partial charge in [-0.2, -0.15) is 0 Å². The molecule has 0 radical (unpaired) electrons. The quantitative estimate of drug-likeness (QED) is 0.833. The number of hydrogen-bond acceptors (Lipinski definition) is 4. The van der Waals surface area contributed by atoms with Crippen LogP contribution in [0.3, 0.4) is 0 Å². The fourth-order valence-corrected chi connectivity index (χ4v) is 2.12. The molecule has 1 aliphatic heterocycles. The molecule has 4 heteroatoms. The van der Waals surface area contributed by atoms with E-state index in [-0.39, 0.29) is 0 Å². The summed E-state index contributed by atoms with van der Waals surface area (Å²) in [6, 6.07) is 0.688. The molecule has 1 atom stereocenters.